The first kappa shape index (κ1) is 11.2. The van der Waals surface area contributed by atoms with Gasteiger partial charge in [0.25, 0.3) is 0 Å². The summed E-state index contributed by atoms with van der Waals surface area (Å²) in [5, 5.41) is 10.8. The number of carboxylic acids is 1. The van der Waals surface area contributed by atoms with Crippen LogP contribution >= 0.6 is 11.3 Å². The van der Waals surface area contributed by atoms with E-state index in [0.717, 1.165) is 6.42 Å². The average molecular weight is 212 g/mol. The van der Waals surface area contributed by atoms with Crippen LogP contribution in [0.4, 0.5) is 0 Å². The highest BCUT2D eigenvalue weighted by molar-refractivity contribution is 7.10. The second kappa shape index (κ2) is 5.15. The highest BCUT2D eigenvalue weighted by Crippen LogP contribution is 2.30. The van der Waals surface area contributed by atoms with Crippen molar-refractivity contribution in [2.45, 2.75) is 32.6 Å². The van der Waals surface area contributed by atoms with Gasteiger partial charge in [-0.3, -0.25) is 4.79 Å². The molecule has 0 aliphatic rings. The maximum absolute atomic E-state index is 10.7. The Morgan fingerprint density at radius 1 is 1.57 bits per heavy atom. The van der Waals surface area contributed by atoms with Gasteiger partial charge in [-0.05, 0) is 23.8 Å². The molecular weight excluding hydrogens is 196 g/mol. The van der Waals surface area contributed by atoms with Crippen LogP contribution in [0.1, 0.15) is 37.5 Å². The van der Waals surface area contributed by atoms with E-state index in [1.54, 1.807) is 11.3 Å². The van der Waals surface area contributed by atoms with Gasteiger partial charge in [0.15, 0.2) is 0 Å². The molecule has 0 bridgehead atoms. The highest BCUT2D eigenvalue weighted by atomic mass is 32.1. The largest absolute Gasteiger partial charge is 0.481 e. The van der Waals surface area contributed by atoms with Gasteiger partial charge in [0.2, 0.25) is 0 Å². The molecule has 0 spiro atoms. The molecule has 1 rings (SSSR count). The zero-order valence-corrected chi connectivity index (χ0v) is 9.38. The minimum atomic E-state index is -0.705. The van der Waals surface area contributed by atoms with Gasteiger partial charge in [0.05, 0.1) is 6.42 Å². The van der Waals surface area contributed by atoms with Crippen LogP contribution in [0.15, 0.2) is 17.5 Å². The van der Waals surface area contributed by atoms with Gasteiger partial charge in [0.1, 0.15) is 0 Å². The Morgan fingerprint density at radius 2 is 2.29 bits per heavy atom. The summed E-state index contributed by atoms with van der Waals surface area (Å²) in [5.74, 6) is 0.0259. The lowest BCUT2D eigenvalue weighted by atomic mass is 9.93. The number of carbonyl (C=O) groups is 1. The number of thiophene rings is 1. The molecule has 1 aromatic heterocycles. The summed E-state index contributed by atoms with van der Waals surface area (Å²) in [4.78, 5) is 11.9. The topological polar surface area (TPSA) is 37.3 Å². The molecule has 0 radical (unpaired) electrons. The smallest absolute Gasteiger partial charge is 0.303 e. The van der Waals surface area contributed by atoms with E-state index >= 15 is 0 Å². The summed E-state index contributed by atoms with van der Waals surface area (Å²) < 4.78 is 0. The van der Waals surface area contributed by atoms with Crippen molar-refractivity contribution < 1.29 is 9.90 Å². The number of rotatable bonds is 5. The Labute approximate surface area is 88.6 Å². The molecule has 0 aliphatic carbocycles. The summed E-state index contributed by atoms with van der Waals surface area (Å²) in [7, 11) is 0. The minimum absolute atomic E-state index is 0.187. The van der Waals surface area contributed by atoms with Crippen LogP contribution < -0.4 is 0 Å². The quantitative estimate of drug-likeness (QED) is 0.812. The van der Waals surface area contributed by atoms with Crippen LogP contribution in [-0.2, 0) is 4.79 Å². The molecule has 3 heteroatoms. The van der Waals surface area contributed by atoms with Gasteiger partial charge in [-0.2, -0.15) is 0 Å². The van der Waals surface area contributed by atoms with E-state index in [2.05, 4.69) is 13.8 Å². The molecular formula is C11H16O2S. The lowest BCUT2D eigenvalue weighted by Gasteiger charge is -2.15. The SMILES string of the molecule is CC(C)CC(CC(=O)O)c1cccs1. The summed E-state index contributed by atoms with van der Waals surface area (Å²) >= 11 is 1.65. The van der Waals surface area contributed by atoms with Crippen molar-refractivity contribution in [3.05, 3.63) is 22.4 Å². The van der Waals surface area contributed by atoms with Crippen LogP contribution in [0.2, 0.25) is 0 Å². The maximum atomic E-state index is 10.7. The van der Waals surface area contributed by atoms with Crippen molar-refractivity contribution in [3.8, 4) is 0 Å². The molecule has 1 heterocycles. The third kappa shape index (κ3) is 3.50. The van der Waals surface area contributed by atoms with Crippen LogP contribution in [-0.4, -0.2) is 11.1 Å². The molecule has 14 heavy (non-hydrogen) atoms. The van der Waals surface area contributed by atoms with E-state index in [4.69, 9.17) is 5.11 Å². The third-order valence-corrected chi connectivity index (χ3v) is 3.16. The molecule has 78 valence electrons. The lowest BCUT2D eigenvalue weighted by Crippen LogP contribution is -2.07. The molecule has 0 saturated heterocycles. The average Bonchev–Trinajstić information content (AvgIpc) is 2.52. The first-order chi connectivity index (χ1) is 6.59. The number of carboxylic acid groups (broad SMARTS) is 1. The number of hydrogen-bond donors (Lipinski definition) is 1. The van der Waals surface area contributed by atoms with Gasteiger partial charge >= 0.3 is 5.97 Å². The van der Waals surface area contributed by atoms with Gasteiger partial charge in [-0.1, -0.05) is 19.9 Å². The van der Waals surface area contributed by atoms with Crippen molar-refractivity contribution in [2.24, 2.45) is 5.92 Å². The van der Waals surface area contributed by atoms with Crippen molar-refractivity contribution in [2.75, 3.05) is 0 Å². The summed E-state index contributed by atoms with van der Waals surface area (Å²) in [6, 6.07) is 4.01. The van der Waals surface area contributed by atoms with E-state index in [-0.39, 0.29) is 12.3 Å². The summed E-state index contributed by atoms with van der Waals surface area (Å²) in [5.41, 5.74) is 0. The molecule has 1 unspecified atom stereocenters. The van der Waals surface area contributed by atoms with E-state index in [0.29, 0.717) is 5.92 Å². The van der Waals surface area contributed by atoms with E-state index in [1.165, 1.54) is 4.88 Å². The molecule has 0 aromatic carbocycles. The second-order valence-electron chi connectivity index (χ2n) is 3.94. The van der Waals surface area contributed by atoms with Gasteiger partial charge in [-0.25, -0.2) is 0 Å². The van der Waals surface area contributed by atoms with Crippen molar-refractivity contribution >= 4 is 17.3 Å². The zero-order chi connectivity index (χ0) is 10.6. The first-order valence-corrected chi connectivity index (χ1v) is 5.72. The van der Waals surface area contributed by atoms with Gasteiger partial charge in [-0.15, -0.1) is 11.3 Å². The summed E-state index contributed by atoms with van der Waals surface area (Å²) in [6.45, 7) is 4.25. The van der Waals surface area contributed by atoms with Crippen molar-refractivity contribution in [1.29, 1.82) is 0 Å². The molecule has 0 aliphatic heterocycles. The fourth-order valence-electron chi connectivity index (χ4n) is 1.60. The predicted molar refractivity (Wildman–Crippen MR) is 58.8 cm³/mol. The van der Waals surface area contributed by atoms with Crippen molar-refractivity contribution in [3.63, 3.8) is 0 Å². The molecule has 1 N–H and O–H groups in total. The lowest BCUT2D eigenvalue weighted by molar-refractivity contribution is -0.137. The van der Waals surface area contributed by atoms with Crippen LogP contribution in [0.25, 0.3) is 0 Å². The second-order valence-corrected chi connectivity index (χ2v) is 4.92. The fraction of sp³-hybridized carbons (Fsp3) is 0.545. The Bertz CT molecular complexity index is 277. The molecule has 1 aromatic rings. The van der Waals surface area contributed by atoms with Crippen molar-refractivity contribution in [1.82, 2.24) is 0 Å². The highest BCUT2D eigenvalue weighted by Gasteiger charge is 2.17. The fourth-order valence-corrected chi connectivity index (χ4v) is 2.45. The van der Waals surface area contributed by atoms with E-state index in [1.807, 2.05) is 17.5 Å². The number of aliphatic carboxylic acids is 1. The first-order valence-electron chi connectivity index (χ1n) is 4.84. The Hall–Kier alpha value is -0.830. The number of hydrogen-bond acceptors (Lipinski definition) is 2. The third-order valence-electron chi connectivity index (χ3n) is 2.12. The van der Waals surface area contributed by atoms with E-state index < -0.39 is 5.97 Å². The molecule has 0 saturated carbocycles. The van der Waals surface area contributed by atoms with Gasteiger partial charge in [0, 0.05) is 10.8 Å². The molecule has 1 atom stereocenters. The monoisotopic (exact) mass is 212 g/mol. The Balaban J connectivity index is 2.67. The minimum Gasteiger partial charge on any atom is -0.481 e. The molecule has 2 nitrogen and oxygen atoms in total. The van der Waals surface area contributed by atoms with Crippen LogP contribution in [0.5, 0.6) is 0 Å². The van der Waals surface area contributed by atoms with Crippen LogP contribution in [0, 0.1) is 5.92 Å². The van der Waals surface area contributed by atoms with Gasteiger partial charge < -0.3 is 5.11 Å². The normalized spacial score (nSPS) is 13.1. The summed E-state index contributed by atoms with van der Waals surface area (Å²) in [6.07, 6.45) is 1.20. The molecule has 0 amide bonds. The van der Waals surface area contributed by atoms with E-state index in [9.17, 15) is 4.79 Å². The maximum Gasteiger partial charge on any atom is 0.303 e. The predicted octanol–water partition coefficient (Wildman–Crippen LogP) is 3.35. The Morgan fingerprint density at radius 3 is 2.71 bits per heavy atom. The Kier molecular flexibility index (Phi) is 4.14. The standard InChI is InChI=1S/C11H16O2S/c1-8(2)6-9(7-11(12)13)10-4-3-5-14-10/h3-5,8-9H,6-7H2,1-2H3,(H,12,13). The van der Waals surface area contributed by atoms with Crippen LogP contribution in [0.3, 0.4) is 0 Å². The zero-order valence-electron chi connectivity index (χ0n) is 8.56. The molecule has 0 fully saturated rings.